The van der Waals surface area contributed by atoms with Crippen LogP contribution in [-0.4, -0.2) is 47.4 Å². The van der Waals surface area contributed by atoms with Crippen LogP contribution in [0.5, 0.6) is 0 Å². The van der Waals surface area contributed by atoms with Crippen molar-refractivity contribution in [3.63, 3.8) is 0 Å². The molecule has 0 aromatic carbocycles. The van der Waals surface area contributed by atoms with E-state index in [0.717, 1.165) is 44.9 Å². The Kier molecular flexibility index (Phi) is 54.5. The first-order chi connectivity index (χ1) is 32.5. The van der Waals surface area contributed by atoms with Gasteiger partial charge in [-0.2, -0.15) is 0 Å². The lowest BCUT2D eigenvalue weighted by Gasteiger charge is -2.22. The minimum atomic E-state index is -0.670. The molecule has 0 aliphatic rings. The van der Waals surface area contributed by atoms with E-state index in [2.05, 4.69) is 43.5 Å². The largest absolute Gasteiger partial charge is 0.466 e. The Morgan fingerprint density at radius 1 is 0.409 bits per heavy atom. The average molecular weight is 931 g/mol. The molecule has 6 heteroatoms. The van der Waals surface area contributed by atoms with E-state index in [1.807, 2.05) is 0 Å². The summed E-state index contributed by atoms with van der Waals surface area (Å²) in [6.45, 7) is 4.94. The number of rotatable bonds is 55. The van der Waals surface area contributed by atoms with Gasteiger partial charge in [-0.25, -0.2) is 0 Å². The Morgan fingerprint density at radius 3 is 1.08 bits per heavy atom. The first-order valence-electron chi connectivity index (χ1n) is 29.6. The molecule has 0 fully saturated rings. The highest BCUT2D eigenvalue weighted by atomic mass is 16.5. The van der Waals surface area contributed by atoms with Gasteiger partial charge in [0.2, 0.25) is 5.91 Å². The van der Waals surface area contributed by atoms with E-state index in [9.17, 15) is 19.8 Å². The first-order valence-corrected chi connectivity index (χ1v) is 29.6. The van der Waals surface area contributed by atoms with Gasteiger partial charge in [-0.1, -0.05) is 256 Å². The lowest BCUT2D eigenvalue weighted by atomic mass is 10.0. The summed E-state index contributed by atoms with van der Waals surface area (Å²) in [5.74, 6) is -0.0471. The first kappa shape index (κ1) is 64.3. The van der Waals surface area contributed by atoms with E-state index < -0.39 is 12.1 Å². The second-order valence-corrected chi connectivity index (χ2v) is 20.3. The van der Waals surface area contributed by atoms with Gasteiger partial charge >= 0.3 is 5.97 Å². The van der Waals surface area contributed by atoms with Crippen LogP contribution in [0.3, 0.4) is 0 Å². The summed E-state index contributed by atoms with van der Waals surface area (Å²) in [5.41, 5.74) is 0. The summed E-state index contributed by atoms with van der Waals surface area (Å²) in [7, 11) is 0. The van der Waals surface area contributed by atoms with Crippen molar-refractivity contribution in [2.75, 3.05) is 13.2 Å². The number of aliphatic hydroxyl groups is 2. The fraction of sp³-hybridized carbons (Fsp3) is 0.900. The summed E-state index contributed by atoms with van der Waals surface area (Å²) in [6, 6.07) is -0.548. The highest BCUT2D eigenvalue weighted by Crippen LogP contribution is 2.17. The van der Waals surface area contributed by atoms with Gasteiger partial charge in [0.25, 0.3) is 0 Å². The van der Waals surface area contributed by atoms with Crippen molar-refractivity contribution in [2.24, 2.45) is 0 Å². The van der Waals surface area contributed by atoms with Crippen LogP contribution in [-0.2, 0) is 14.3 Å². The minimum Gasteiger partial charge on any atom is -0.466 e. The molecule has 0 spiro atoms. The van der Waals surface area contributed by atoms with Gasteiger partial charge in [-0.05, 0) is 77.0 Å². The van der Waals surface area contributed by atoms with Crippen molar-refractivity contribution >= 4 is 11.9 Å². The quantitative estimate of drug-likeness (QED) is 0.0321. The summed E-state index contributed by atoms with van der Waals surface area (Å²) in [5, 5.41) is 23.3. The molecule has 0 aromatic heterocycles. The van der Waals surface area contributed by atoms with E-state index in [1.54, 1.807) is 0 Å². The van der Waals surface area contributed by atoms with E-state index in [1.165, 1.54) is 244 Å². The molecule has 0 aromatic rings. The number of nitrogens with one attached hydrogen (secondary N) is 1. The lowest BCUT2D eigenvalue weighted by molar-refractivity contribution is -0.143. The third-order valence-corrected chi connectivity index (χ3v) is 13.7. The van der Waals surface area contributed by atoms with Gasteiger partial charge in [0.15, 0.2) is 0 Å². The number of aliphatic hydroxyl groups excluding tert-OH is 2. The molecule has 0 aliphatic carbocycles. The fourth-order valence-electron chi connectivity index (χ4n) is 9.16. The lowest BCUT2D eigenvalue weighted by Crippen LogP contribution is -2.45. The van der Waals surface area contributed by atoms with Crippen LogP contribution in [0, 0.1) is 0 Å². The maximum atomic E-state index is 12.5. The summed E-state index contributed by atoms with van der Waals surface area (Å²) in [4.78, 5) is 24.5. The number of amides is 1. The molecule has 0 radical (unpaired) electrons. The SMILES string of the molecule is CCCCCCCC/C=C\CCCCCCCC(=O)OCCCCCCCCCC/C=C\CCCCCCCCCC(=O)NC(CO)C(O)CCCCCCCCCCCCCCCCC. The molecule has 0 saturated heterocycles. The van der Waals surface area contributed by atoms with Gasteiger partial charge in [0, 0.05) is 12.8 Å². The molecule has 1 amide bonds. The third kappa shape index (κ3) is 51.7. The Morgan fingerprint density at radius 2 is 0.712 bits per heavy atom. The Hall–Kier alpha value is -1.66. The minimum absolute atomic E-state index is 0.00370. The molecule has 0 bridgehead atoms. The Labute approximate surface area is 411 Å². The summed E-state index contributed by atoms with van der Waals surface area (Å²) in [6.07, 6.45) is 67.4. The van der Waals surface area contributed by atoms with Crippen molar-refractivity contribution in [3.05, 3.63) is 24.3 Å². The van der Waals surface area contributed by atoms with Crippen LogP contribution >= 0.6 is 0 Å². The van der Waals surface area contributed by atoms with Crippen molar-refractivity contribution in [3.8, 4) is 0 Å². The standard InChI is InChI=1S/C60H115NO5/c1-3-5-7-9-11-13-15-17-24-28-32-36-40-44-48-52-58(63)57(56-62)61-59(64)53-49-45-41-37-33-29-26-22-20-19-21-23-27-31-35-39-43-47-51-55-66-60(65)54-50-46-42-38-34-30-25-18-16-14-12-10-8-6-4-2/h18-20,25,57-58,62-63H,3-17,21-24,26-56H2,1-2H3,(H,61,64)/b20-19-,25-18-. The molecule has 390 valence electrons. The van der Waals surface area contributed by atoms with E-state index in [4.69, 9.17) is 4.74 Å². The second-order valence-electron chi connectivity index (χ2n) is 20.3. The Bertz CT molecular complexity index is 1030. The van der Waals surface area contributed by atoms with Gasteiger partial charge in [0.1, 0.15) is 0 Å². The van der Waals surface area contributed by atoms with Crippen molar-refractivity contribution in [1.29, 1.82) is 0 Å². The Balaban J connectivity index is 3.44. The molecule has 66 heavy (non-hydrogen) atoms. The van der Waals surface area contributed by atoms with Gasteiger partial charge in [-0.3, -0.25) is 9.59 Å². The predicted octanol–water partition coefficient (Wildman–Crippen LogP) is 18.2. The zero-order valence-electron chi connectivity index (χ0n) is 44.4. The smallest absolute Gasteiger partial charge is 0.305 e. The van der Waals surface area contributed by atoms with Crippen LogP contribution < -0.4 is 5.32 Å². The molecule has 3 N–H and O–H groups in total. The number of ether oxygens (including phenoxy) is 1. The van der Waals surface area contributed by atoms with Gasteiger partial charge in [0.05, 0.1) is 25.4 Å². The number of hydrogen-bond acceptors (Lipinski definition) is 5. The number of hydrogen-bond donors (Lipinski definition) is 3. The predicted molar refractivity (Wildman–Crippen MR) is 287 cm³/mol. The molecule has 2 atom stereocenters. The van der Waals surface area contributed by atoms with Gasteiger partial charge < -0.3 is 20.3 Å². The van der Waals surface area contributed by atoms with Gasteiger partial charge in [-0.15, -0.1) is 0 Å². The van der Waals surface area contributed by atoms with Crippen LogP contribution in [0.1, 0.15) is 322 Å². The van der Waals surface area contributed by atoms with Crippen LogP contribution in [0.25, 0.3) is 0 Å². The van der Waals surface area contributed by atoms with Crippen LogP contribution in [0.2, 0.25) is 0 Å². The second kappa shape index (κ2) is 55.9. The highest BCUT2D eigenvalue weighted by molar-refractivity contribution is 5.76. The van der Waals surface area contributed by atoms with E-state index in [0.29, 0.717) is 25.9 Å². The monoisotopic (exact) mass is 930 g/mol. The number of unbranched alkanes of at least 4 members (excludes halogenated alkanes) is 40. The number of carbonyl (C=O) groups excluding carboxylic acids is 2. The van der Waals surface area contributed by atoms with Crippen molar-refractivity contribution in [2.45, 2.75) is 334 Å². The summed E-state index contributed by atoms with van der Waals surface area (Å²) >= 11 is 0. The average Bonchev–Trinajstić information content (AvgIpc) is 3.32. The maximum Gasteiger partial charge on any atom is 0.305 e. The van der Waals surface area contributed by atoms with Crippen molar-refractivity contribution < 1.29 is 24.5 Å². The normalized spacial score (nSPS) is 12.7. The molecule has 6 nitrogen and oxygen atoms in total. The molecular formula is C60H115NO5. The summed E-state index contributed by atoms with van der Waals surface area (Å²) < 4.78 is 5.47. The molecular weight excluding hydrogens is 815 g/mol. The number of allylic oxidation sites excluding steroid dienone is 4. The molecule has 0 saturated carbocycles. The molecule has 0 aliphatic heterocycles. The van der Waals surface area contributed by atoms with Crippen LogP contribution in [0.15, 0.2) is 24.3 Å². The molecule has 0 heterocycles. The molecule has 2 unspecified atom stereocenters. The third-order valence-electron chi connectivity index (χ3n) is 13.7. The zero-order valence-corrected chi connectivity index (χ0v) is 44.4. The number of carbonyl (C=O) groups is 2. The zero-order chi connectivity index (χ0) is 47.9. The maximum absolute atomic E-state index is 12.5. The molecule has 0 rings (SSSR count). The van der Waals surface area contributed by atoms with E-state index in [-0.39, 0.29) is 18.5 Å². The van der Waals surface area contributed by atoms with Crippen molar-refractivity contribution in [1.82, 2.24) is 5.32 Å². The topological polar surface area (TPSA) is 95.9 Å². The van der Waals surface area contributed by atoms with Crippen LogP contribution in [0.4, 0.5) is 0 Å². The number of esters is 1. The fourth-order valence-corrected chi connectivity index (χ4v) is 9.16. The highest BCUT2D eigenvalue weighted by Gasteiger charge is 2.20. The van der Waals surface area contributed by atoms with E-state index >= 15 is 0 Å².